The molecule has 0 bridgehead atoms. The monoisotopic (exact) mass is 351 g/mol. The van der Waals surface area contributed by atoms with Crippen LogP contribution in [-0.4, -0.2) is 53.6 Å². The van der Waals surface area contributed by atoms with Gasteiger partial charge >= 0.3 is 6.09 Å². The van der Waals surface area contributed by atoms with Gasteiger partial charge in [-0.25, -0.2) is 4.79 Å². The van der Waals surface area contributed by atoms with Crippen LogP contribution in [0.25, 0.3) is 10.4 Å². The normalized spacial score (nSPS) is 14.6. The molecule has 0 spiro atoms. The van der Waals surface area contributed by atoms with Crippen molar-refractivity contribution in [2.75, 3.05) is 20.1 Å². The third kappa shape index (κ3) is 4.39. The first-order valence-corrected chi connectivity index (χ1v) is 8.37. The number of ether oxygens (including phenoxy) is 1. The van der Waals surface area contributed by atoms with Crippen LogP contribution in [0.4, 0.5) is 4.79 Å². The summed E-state index contributed by atoms with van der Waals surface area (Å²) < 4.78 is 5.32. The predicted octanol–water partition coefficient (Wildman–Crippen LogP) is 3.25. The van der Waals surface area contributed by atoms with E-state index in [0.717, 1.165) is 4.88 Å². The van der Waals surface area contributed by atoms with Gasteiger partial charge in [0.25, 0.3) is 5.91 Å². The molecule has 1 aliphatic heterocycles. The van der Waals surface area contributed by atoms with E-state index in [4.69, 9.17) is 10.3 Å². The Morgan fingerprint density at radius 2 is 2.12 bits per heavy atom. The summed E-state index contributed by atoms with van der Waals surface area (Å²) in [7, 11) is 1.68. The fraction of sp³-hybridized carbons (Fsp3) is 0.600. The molecular weight excluding hydrogens is 330 g/mol. The number of thiophene rings is 1. The number of nitrogens with zero attached hydrogens (tertiary/aromatic N) is 5. The van der Waals surface area contributed by atoms with Gasteiger partial charge in [-0.2, -0.15) is 0 Å². The number of likely N-dealkylation sites (N-methyl/N-ethyl adjacent to an activating group) is 1. The highest BCUT2D eigenvalue weighted by molar-refractivity contribution is 7.14. The van der Waals surface area contributed by atoms with E-state index in [9.17, 15) is 9.59 Å². The molecule has 1 aliphatic rings. The van der Waals surface area contributed by atoms with Gasteiger partial charge in [0.15, 0.2) is 0 Å². The Hall–Kier alpha value is -2.25. The average molecular weight is 351 g/mol. The molecule has 1 aromatic heterocycles. The van der Waals surface area contributed by atoms with Crippen LogP contribution in [0, 0.1) is 0 Å². The summed E-state index contributed by atoms with van der Waals surface area (Å²) in [6, 6.07) is 3.49. The third-order valence-electron chi connectivity index (χ3n) is 3.54. The Balaban J connectivity index is 1.87. The Morgan fingerprint density at radius 3 is 2.71 bits per heavy atom. The molecule has 24 heavy (non-hydrogen) atoms. The molecule has 2 amide bonds. The van der Waals surface area contributed by atoms with Gasteiger partial charge in [0, 0.05) is 29.9 Å². The number of hydrogen-bond acceptors (Lipinski definition) is 5. The second kappa shape index (κ2) is 7.11. The molecule has 0 atom stereocenters. The highest BCUT2D eigenvalue weighted by atomic mass is 32.1. The van der Waals surface area contributed by atoms with Crippen molar-refractivity contribution in [3.05, 3.63) is 32.3 Å². The Bertz CT molecular complexity index is 669. The first-order valence-electron chi connectivity index (χ1n) is 7.56. The lowest BCUT2D eigenvalue weighted by Gasteiger charge is -2.43. The van der Waals surface area contributed by atoms with Gasteiger partial charge in [0.2, 0.25) is 0 Å². The smallest absolute Gasteiger partial charge is 0.410 e. The van der Waals surface area contributed by atoms with Gasteiger partial charge in [0.1, 0.15) is 5.60 Å². The fourth-order valence-corrected chi connectivity index (χ4v) is 3.08. The third-order valence-corrected chi connectivity index (χ3v) is 4.60. The van der Waals surface area contributed by atoms with E-state index in [0.29, 0.717) is 18.0 Å². The minimum Gasteiger partial charge on any atom is -0.444 e. The summed E-state index contributed by atoms with van der Waals surface area (Å²) >= 11 is 1.32. The van der Waals surface area contributed by atoms with Crippen molar-refractivity contribution in [1.82, 2.24) is 9.80 Å². The van der Waals surface area contributed by atoms with E-state index in [1.165, 1.54) is 16.2 Å². The summed E-state index contributed by atoms with van der Waals surface area (Å²) in [4.78, 5) is 31.8. The van der Waals surface area contributed by atoms with Crippen molar-refractivity contribution in [2.24, 2.45) is 5.11 Å². The number of likely N-dealkylation sites (tertiary alicyclic amines) is 1. The van der Waals surface area contributed by atoms with Crippen molar-refractivity contribution < 1.29 is 14.3 Å². The van der Waals surface area contributed by atoms with Crippen molar-refractivity contribution in [3.63, 3.8) is 0 Å². The average Bonchev–Trinajstić information content (AvgIpc) is 2.90. The van der Waals surface area contributed by atoms with E-state index in [1.54, 1.807) is 24.1 Å². The van der Waals surface area contributed by atoms with E-state index < -0.39 is 5.60 Å². The van der Waals surface area contributed by atoms with Crippen LogP contribution in [0.5, 0.6) is 0 Å². The largest absolute Gasteiger partial charge is 0.444 e. The van der Waals surface area contributed by atoms with Crippen LogP contribution in [0.1, 0.15) is 35.3 Å². The number of carbonyl (C=O) groups excluding carboxylic acids is 2. The lowest BCUT2D eigenvalue weighted by molar-refractivity contribution is -0.00194. The molecule has 0 unspecified atom stereocenters. The molecule has 1 aromatic rings. The number of hydrogen-bond donors (Lipinski definition) is 0. The zero-order valence-electron chi connectivity index (χ0n) is 14.2. The van der Waals surface area contributed by atoms with E-state index in [-0.39, 0.29) is 24.6 Å². The number of rotatable bonds is 4. The molecule has 0 aromatic carbocycles. The van der Waals surface area contributed by atoms with E-state index in [2.05, 4.69) is 10.0 Å². The van der Waals surface area contributed by atoms with Crippen molar-refractivity contribution >= 4 is 23.3 Å². The summed E-state index contributed by atoms with van der Waals surface area (Å²) in [6.45, 7) is 6.68. The summed E-state index contributed by atoms with van der Waals surface area (Å²) in [6.07, 6.45) is -0.382. The summed E-state index contributed by atoms with van der Waals surface area (Å²) in [5, 5.41) is 3.49. The maximum absolute atomic E-state index is 12.4. The summed E-state index contributed by atoms with van der Waals surface area (Å²) in [5.41, 5.74) is 7.78. The second-order valence-electron chi connectivity index (χ2n) is 6.61. The lowest BCUT2D eigenvalue weighted by Crippen LogP contribution is -2.61. The van der Waals surface area contributed by atoms with E-state index in [1.807, 2.05) is 20.8 Å². The second-order valence-corrected chi connectivity index (χ2v) is 7.78. The molecular formula is C15H21N5O3S. The molecule has 0 aliphatic carbocycles. The van der Waals surface area contributed by atoms with Gasteiger partial charge in [0.05, 0.1) is 17.5 Å². The highest BCUT2D eigenvalue weighted by Gasteiger charge is 2.37. The zero-order chi connectivity index (χ0) is 17.9. The quantitative estimate of drug-likeness (QED) is 0.473. The number of carbonyl (C=O) groups is 2. The van der Waals surface area contributed by atoms with Crippen molar-refractivity contribution in [3.8, 4) is 0 Å². The molecule has 130 valence electrons. The van der Waals surface area contributed by atoms with Gasteiger partial charge < -0.3 is 14.5 Å². The molecule has 9 heteroatoms. The number of amides is 2. The molecule has 1 saturated heterocycles. The molecule has 1 fully saturated rings. The predicted molar refractivity (Wildman–Crippen MR) is 90.9 cm³/mol. The Kier molecular flexibility index (Phi) is 5.36. The Morgan fingerprint density at radius 1 is 1.46 bits per heavy atom. The maximum Gasteiger partial charge on any atom is 0.410 e. The molecule has 8 nitrogen and oxygen atoms in total. The minimum absolute atomic E-state index is 0.0357. The van der Waals surface area contributed by atoms with Crippen LogP contribution < -0.4 is 0 Å². The minimum atomic E-state index is -0.538. The molecule has 0 N–H and O–H groups in total. The fourth-order valence-electron chi connectivity index (χ4n) is 2.18. The van der Waals surface area contributed by atoms with Crippen LogP contribution in [-0.2, 0) is 11.3 Å². The lowest BCUT2D eigenvalue weighted by atomic mass is 10.1. The van der Waals surface area contributed by atoms with Gasteiger partial charge in [-0.3, -0.25) is 4.79 Å². The standard InChI is InChI=1S/C15H21N5O3S/c1-15(2,3)23-14(22)19(4)10-8-20(9-10)13(21)12-6-5-11(24-12)7-17-18-16/h5-6,10H,7-9H2,1-4H3. The first kappa shape index (κ1) is 18.1. The Labute approximate surface area is 144 Å². The maximum atomic E-state index is 12.4. The van der Waals surface area contributed by atoms with Gasteiger partial charge in [-0.05, 0) is 38.4 Å². The molecule has 0 saturated carbocycles. The van der Waals surface area contributed by atoms with Gasteiger partial charge in [-0.15, -0.1) is 11.3 Å². The van der Waals surface area contributed by atoms with Crippen LogP contribution in [0.15, 0.2) is 17.2 Å². The highest BCUT2D eigenvalue weighted by Crippen LogP contribution is 2.24. The first-order chi connectivity index (χ1) is 11.2. The number of azide groups is 1. The molecule has 2 rings (SSSR count). The van der Waals surface area contributed by atoms with Crippen molar-refractivity contribution in [1.29, 1.82) is 0 Å². The van der Waals surface area contributed by atoms with Gasteiger partial charge in [-0.1, -0.05) is 5.11 Å². The zero-order valence-corrected chi connectivity index (χ0v) is 15.0. The summed E-state index contributed by atoms with van der Waals surface area (Å²) in [5.74, 6) is -0.0685. The van der Waals surface area contributed by atoms with Crippen LogP contribution >= 0.6 is 11.3 Å². The topological polar surface area (TPSA) is 98.6 Å². The van der Waals surface area contributed by atoms with E-state index >= 15 is 0 Å². The molecule has 2 heterocycles. The van der Waals surface area contributed by atoms with Crippen LogP contribution in [0.3, 0.4) is 0 Å². The SMILES string of the molecule is CN(C(=O)OC(C)(C)C)C1CN(C(=O)c2ccc(CN=[N+]=[N-])s2)C1. The van der Waals surface area contributed by atoms with Crippen molar-refractivity contribution in [2.45, 2.75) is 39.0 Å². The molecule has 0 radical (unpaired) electrons. The van der Waals surface area contributed by atoms with Crippen LogP contribution in [0.2, 0.25) is 0 Å².